The molecule has 1 heterocycles. The van der Waals surface area contributed by atoms with Crippen molar-refractivity contribution in [1.29, 1.82) is 0 Å². The zero-order chi connectivity index (χ0) is 19.9. The van der Waals surface area contributed by atoms with Crippen molar-refractivity contribution in [3.63, 3.8) is 0 Å². The Morgan fingerprint density at radius 1 is 0.467 bits per heavy atom. The summed E-state index contributed by atoms with van der Waals surface area (Å²) in [5.41, 5.74) is 7.71. The molecular weight excluding hydrogens is 361 g/mol. The molecule has 5 aromatic carbocycles. The van der Waals surface area contributed by atoms with Gasteiger partial charge < -0.3 is 4.90 Å². The summed E-state index contributed by atoms with van der Waals surface area (Å²) in [6.45, 7) is 0.210. The predicted octanol–water partition coefficient (Wildman–Crippen LogP) is 5.14. The zero-order valence-corrected chi connectivity index (χ0v) is 16.6. The van der Waals surface area contributed by atoms with Crippen molar-refractivity contribution in [2.24, 2.45) is 0 Å². The Morgan fingerprint density at radius 2 is 1.03 bits per heavy atom. The second kappa shape index (κ2) is 6.93. The normalized spacial score (nSPS) is 12.5. The molecule has 0 aliphatic carbocycles. The van der Waals surface area contributed by atoms with Crippen LogP contribution in [0, 0.1) is 0 Å². The smallest absolute Gasteiger partial charge is 0.246 e. The first kappa shape index (κ1) is 17.1. The van der Waals surface area contributed by atoms with Gasteiger partial charge in [0.05, 0.1) is 0 Å². The Labute approximate surface area is 177 Å². The zero-order valence-electron chi connectivity index (χ0n) is 16.6. The van der Waals surface area contributed by atoms with E-state index in [1.165, 1.54) is 44.2 Å². The molecule has 1 nitrogen and oxygen atoms in total. The van der Waals surface area contributed by atoms with Crippen LogP contribution in [0.5, 0.6) is 0 Å². The molecule has 0 fully saturated rings. The molecule has 30 heavy (non-hydrogen) atoms. The van der Waals surface area contributed by atoms with Gasteiger partial charge in [0.1, 0.15) is 0 Å². The summed E-state index contributed by atoms with van der Waals surface area (Å²) in [7, 11) is 0. The maximum Gasteiger partial charge on any atom is 0.246 e. The third-order valence-corrected chi connectivity index (χ3v) is 6.10. The molecule has 6 rings (SSSR count). The molecule has 0 bridgehead atoms. The molecule has 0 unspecified atom stereocenters. The highest BCUT2D eigenvalue weighted by Gasteiger charge is 2.34. The van der Waals surface area contributed by atoms with Crippen LogP contribution in [0.25, 0.3) is 10.8 Å². The molecule has 1 aliphatic rings. The van der Waals surface area contributed by atoms with Crippen molar-refractivity contribution in [2.45, 2.75) is 0 Å². The van der Waals surface area contributed by atoms with Crippen molar-refractivity contribution in [3.05, 3.63) is 121 Å². The van der Waals surface area contributed by atoms with Crippen LogP contribution >= 0.6 is 0 Å². The number of hydrogen-bond acceptors (Lipinski definition) is 1. The van der Waals surface area contributed by atoms with E-state index in [2.05, 4.69) is 126 Å². The number of anilines is 3. The van der Waals surface area contributed by atoms with Crippen LogP contribution in [-0.2, 0) is 0 Å². The summed E-state index contributed by atoms with van der Waals surface area (Å²) < 4.78 is 0. The largest absolute Gasteiger partial charge is 0.312 e. The van der Waals surface area contributed by atoms with E-state index < -0.39 is 0 Å². The van der Waals surface area contributed by atoms with Gasteiger partial charge in [0.2, 0.25) is 6.71 Å². The summed E-state index contributed by atoms with van der Waals surface area (Å²) in [5.74, 6) is 0. The Morgan fingerprint density at radius 3 is 1.73 bits per heavy atom. The number of fused-ring (bicyclic) bond motifs is 3. The SMILES string of the molecule is c1ccc(N2c3ccccc3B(c3ccc4ccccc4c3)c3ccccc32)cc1. The van der Waals surface area contributed by atoms with E-state index in [1.807, 2.05) is 0 Å². The molecule has 0 radical (unpaired) electrons. The lowest BCUT2D eigenvalue weighted by Gasteiger charge is -2.37. The van der Waals surface area contributed by atoms with Crippen molar-refractivity contribution < 1.29 is 0 Å². The van der Waals surface area contributed by atoms with Crippen LogP contribution in [0.2, 0.25) is 0 Å². The van der Waals surface area contributed by atoms with Gasteiger partial charge in [-0.1, -0.05) is 103 Å². The van der Waals surface area contributed by atoms with E-state index in [1.54, 1.807) is 0 Å². The topological polar surface area (TPSA) is 3.24 Å². The molecule has 0 N–H and O–H groups in total. The molecule has 2 heteroatoms. The van der Waals surface area contributed by atoms with Gasteiger partial charge in [0, 0.05) is 17.1 Å². The lowest BCUT2D eigenvalue weighted by Crippen LogP contribution is -2.57. The van der Waals surface area contributed by atoms with Gasteiger partial charge in [-0.25, -0.2) is 0 Å². The lowest BCUT2D eigenvalue weighted by atomic mass is 9.35. The molecule has 0 saturated heterocycles. The van der Waals surface area contributed by atoms with Crippen LogP contribution in [-0.4, -0.2) is 6.71 Å². The summed E-state index contributed by atoms with van der Waals surface area (Å²) in [5, 5.41) is 2.57. The first-order valence-corrected chi connectivity index (χ1v) is 10.4. The van der Waals surface area contributed by atoms with Gasteiger partial charge in [-0.05, 0) is 46.0 Å². The second-order valence-corrected chi connectivity index (χ2v) is 7.83. The minimum atomic E-state index is 0.210. The van der Waals surface area contributed by atoms with E-state index in [9.17, 15) is 0 Å². The van der Waals surface area contributed by atoms with Crippen molar-refractivity contribution in [2.75, 3.05) is 4.90 Å². The van der Waals surface area contributed by atoms with Gasteiger partial charge in [-0.3, -0.25) is 0 Å². The van der Waals surface area contributed by atoms with E-state index in [-0.39, 0.29) is 6.71 Å². The molecule has 0 spiro atoms. The first-order valence-electron chi connectivity index (χ1n) is 10.4. The molecule has 140 valence electrons. The Bertz CT molecular complexity index is 1310. The Kier molecular flexibility index (Phi) is 3.95. The highest BCUT2D eigenvalue weighted by Crippen LogP contribution is 2.35. The first-order chi connectivity index (χ1) is 14.9. The van der Waals surface area contributed by atoms with Gasteiger partial charge >= 0.3 is 0 Å². The summed E-state index contributed by atoms with van der Waals surface area (Å²) in [4.78, 5) is 2.39. The third kappa shape index (κ3) is 2.65. The van der Waals surface area contributed by atoms with E-state index in [0.29, 0.717) is 0 Å². The van der Waals surface area contributed by atoms with Crippen LogP contribution in [0.4, 0.5) is 17.1 Å². The van der Waals surface area contributed by atoms with E-state index in [4.69, 9.17) is 0 Å². The van der Waals surface area contributed by atoms with Crippen LogP contribution in [0.1, 0.15) is 0 Å². The van der Waals surface area contributed by atoms with Gasteiger partial charge in [0.15, 0.2) is 0 Å². The fourth-order valence-corrected chi connectivity index (χ4v) is 4.77. The molecule has 0 aromatic heterocycles. The van der Waals surface area contributed by atoms with Crippen molar-refractivity contribution in [1.82, 2.24) is 0 Å². The van der Waals surface area contributed by atoms with Crippen LogP contribution in [0.3, 0.4) is 0 Å². The van der Waals surface area contributed by atoms with Crippen molar-refractivity contribution in [3.8, 4) is 0 Å². The molecule has 0 amide bonds. The van der Waals surface area contributed by atoms with Gasteiger partial charge in [-0.2, -0.15) is 0 Å². The van der Waals surface area contributed by atoms with Crippen molar-refractivity contribution >= 4 is 50.9 Å². The lowest BCUT2D eigenvalue weighted by molar-refractivity contribution is 1.29. The quantitative estimate of drug-likeness (QED) is 0.376. The summed E-state index contributed by atoms with van der Waals surface area (Å²) >= 11 is 0. The number of benzene rings is 5. The minimum absolute atomic E-state index is 0.210. The predicted molar refractivity (Wildman–Crippen MR) is 130 cm³/mol. The van der Waals surface area contributed by atoms with Gasteiger partial charge in [0.25, 0.3) is 0 Å². The maximum absolute atomic E-state index is 2.39. The third-order valence-electron chi connectivity index (χ3n) is 6.10. The molecular formula is C28H20BN. The molecule has 0 atom stereocenters. The average molecular weight is 381 g/mol. The number of para-hydroxylation sites is 3. The summed E-state index contributed by atoms with van der Waals surface area (Å²) in [6.07, 6.45) is 0. The fourth-order valence-electron chi connectivity index (χ4n) is 4.77. The molecule has 0 saturated carbocycles. The molecule has 1 aliphatic heterocycles. The Balaban J connectivity index is 1.62. The number of rotatable bonds is 2. The monoisotopic (exact) mass is 381 g/mol. The van der Waals surface area contributed by atoms with E-state index in [0.717, 1.165) is 0 Å². The van der Waals surface area contributed by atoms with Crippen LogP contribution in [0.15, 0.2) is 121 Å². The summed E-state index contributed by atoms with van der Waals surface area (Å²) in [6, 6.07) is 43.8. The Hall–Kier alpha value is -3.78. The highest BCUT2D eigenvalue weighted by atomic mass is 15.1. The fraction of sp³-hybridized carbons (Fsp3) is 0. The standard InChI is InChI=1S/C28H20BN/c1-2-12-24(13-3-1)30-27-16-8-6-14-25(27)29(26-15-7-9-17-28(26)30)23-19-18-21-10-4-5-11-22(21)20-23/h1-20H. The number of hydrogen-bond donors (Lipinski definition) is 0. The minimum Gasteiger partial charge on any atom is -0.312 e. The average Bonchev–Trinajstić information content (AvgIpc) is 2.82. The second-order valence-electron chi connectivity index (χ2n) is 7.83. The maximum atomic E-state index is 2.39. The highest BCUT2D eigenvalue weighted by molar-refractivity contribution is 6.98. The van der Waals surface area contributed by atoms with E-state index >= 15 is 0 Å². The van der Waals surface area contributed by atoms with Crippen LogP contribution < -0.4 is 21.3 Å². The number of nitrogens with zero attached hydrogens (tertiary/aromatic N) is 1. The van der Waals surface area contributed by atoms with Gasteiger partial charge in [-0.15, -0.1) is 0 Å². The molecule has 5 aromatic rings.